The second-order valence-electron chi connectivity index (χ2n) is 5.52. The number of carbonyl (C=O) groups is 1. The minimum atomic E-state index is -0.370. The third-order valence-corrected chi connectivity index (χ3v) is 3.89. The SMILES string of the molecule is CCOCCOc1ccccc1C(=O)NC(=S)Nc1ccc(OC)c(OC)c1. The topological polar surface area (TPSA) is 78.1 Å². The van der Waals surface area contributed by atoms with E-state index in [1.54, 1.807) is 56.7 Å². The van der Waals surface area contributed by atoms with Gasteiger partial charge in [0, 0.05) is 18.4 Å². The summed E-state index contributed by atoms with van der Waals surface area (Å²) in [5.41, 5.74) is 1.04. The van der Waals surface area contributed by atoms with Gasteiger partial charge in [-0.05, 0) is 43.4 Å². The fourth-order valence-electron chi connectivity index (χ4n) is 2.38. The number of rotatable bonds is 9. The lowest BCUT2D eigenvalue weighted by atomic mass is 10.2. The van der Waals surface area contributed by atoms with Crippen LogP contribution in [-0.4, -0.2) is 45.1 Å². The normalized spacial score (nSPS) is 10.1. The molecule has 0 aliphatic carbocycles. The maximum absolute atomic E-state index is 12.6. The molecule has 0 aliphatic heterocycles. The number of ether oxygens (including phenoxy) is 4. The highest BCUT2D eigenvalue weighted by Gasteiger charge is 2.14. The second-order valence-corrected chi connectivity index (χ2v) is 5.93. The number of nitrogens with one attached hydrogen (secondary N) is 2. The third kappa shape index (κ3) is 6.11. The summed E-state index contributed by atoms with van der Waals surface area (Å²) in [6, 6.07) is 12.2. The second kappa shape index (κ2) is 11.1. The van der Waals surface area contributed by atoms with Crippen LogP contribution in [0.3, 0.4) is 0 Å². The largest absolute Gasteiger partial charge is 0.493 e. The minimum absolute atomic E-state index is 0.154. The number of amides is 1. The fourth-order valence-corrected chi connectivity index (χ4v) is 2.59. The molecule has 8 heteroatoms. The van der Waals surface area contributed by atoms with Gasteiger partial charge in [-0.2, -0.15) is 0 Å². The van der Waals surface area contributed by atoms with Crippen molar-refractivity contribution in [2.45, 2.75) is 6.92 Å². The molecule has 0 heterocycles. The molecule has 0 fully saturated rings. The Bertz CT molecular complexity index is 813. The summed E-state index contributed by atoms with van der Waals surface area (Å²) in [5.74, 6) is 1.24. The first kappa shape index (κ1) is 21.5. The van der Waals surface area contributed by atoms with Crippen LogP contribution >= 0.6 is 12.2 Å². The molecule has 0 saturated carbocycles. The van der Waals surface area contributed by atoms with E-state index in [-0.39, 0.29) is 11.0 Å². The van der Waals surface area contributed by atoms with Gasteiger partial charge < -0.3 is 24.3 Å². The summed E-state index contributed by atoms with van der Waals surface area (Å²) in [5, 5.41) is 5.76. The molecular formula is C20H24N2O5S. The monoisotopic (exact) mass is 404 g/mol. The van der Waals surface area contributed by atoms with Crippen LogP contribution in [0.2, 0.25) is 0 Å². The summed E-state index contributed by atoms with van der Waals surface area (Å²) >= 11 is 5.24. The van der Waals surface area contributed by atoms with Crippen molar-refractivity contribution in [3.05, 3.63) is 48.0 Å². The lowest BCUT2D eigenvalue weighted by Crippen LogP contribution is -2.34. The Hall–Kier alpha value is -2.84. The number of thiocarbonyl (C=S) groups is 1. The molecule has 2 rings (SSSR count). The molecule has 0 bridgehead atoms. The highest BCUT2D eigenvalue weighted by molar-refractivity contribution is 7.80. The van der Waals surface area contributed by atoms with E-state index < -0.39 is 0 Å². The molecule has 0 spiro atoms. The Morgan fingerprint density at radius 1 is 1.00 bits per heavy atom. The summed E-state index contributed by atoms with van der Waals surface area (Å²) in [7, 11) is 3.11. The van der Waals surface area contributed by atoms with Crippen molar-refractivity contribution in [1.82, 2.24) is 5.32 Å². The zero-order chi connectivity index (χ0) is 20.4. The van der Waals surface area contributed by atoms with Crippen molar-refractivity contribution in [1.29, 1.82) is 0 Å². The molecule has 0 atom stereocenters. The average molecular weight is 404 g/mol. The Balaban J connectivity index is 2.00. The molecule has 0 radical (unpaired) electrons. The van der Waals surface area contributed by atoms with E-state index in [4.69, 9.17) is 31.2 Å². The zero-order valence-corrected chi connectivity index (χ0v) is 16.9. The van der Waals surface area contributed by atoms with Crippen LogP contribution in [-0.2, 0) is 4.74 Å². The number of carbonyl (C=O) groups excluding carboxylic acids is 1. The quantitative estimate of drug-likeness (QED) is 0.491. The summed E-state index contributed by atoms with van der Waals surface area (Å²) in [4.78, 5) is 12.6. The summed E-state index contributed by atoms with van der Waals surface area (Å²) in [6.45, 7) is 3.33. The van der Waals surface area contributed by atoms with Gasteiger partial charge in [0.1, 0.15) is 12.4 Å². The van der Waals surface area contributed by atoms with Gasteiger partial charge in [0.2, 0.25) is 0 Å². The molecule has 2 N–H and O–H groups in total. The first-order valence-corrected chi connectivity index (χ1v) is 9.13. The highest BCUT2D eigenvalue weighted by atomic mass is 32.1. The average Bonchev–Trinajstić information content (AvgIpc) is 2.71. The number of hydrogen-bond donors (Lipinski definition) is 2. The van der Waals surface area contributed by atoms with Crippen LogP contribution in [0.5, 0.6) is 17.2 Å². The Morgan fingerprint density at radius 2 is 1.75 bits per heavy atom. The maximum atomic E-state index is 12.6. The molecule has 1 amide bonds. The van der Waals surface area contributed by atoms with E-state index in [1.807, 2.05) is 6.92 Å². The van der Waals surface area contributed by atoms with Crippen molar-refractivity contribution >= 4 is 28.9 Å². The van der Waals surface area contributed by atoms with Crippen molar-refractivity contribution in [2.24, 2.45) is 0 Å². The molecule has 0 aromatic heterocycles. The van der Waals surface area contributed by atoms with E-state index in [0.29, 0.717) is 48.3 Å². The van der Waals surface area contributed by atoms with Gasteiger partial charge in [-0.3, -0.25) is 10.1 Å². The first-order chi connectivity index (χ1) is 13.6. The van der Waals surface area contributed by atoms with E-state index >= 15 is 0 Å². The Labute approximate surface area is 169 Å². The Kier molecular flexibility index (Phi) is 8.51. The van der Waals surface area contributed by atoms with Crippen LogP contribution in [0, 0.1) is 0 Å². The number of methoxy groups -OCH3 is 2. The van der Waals surface area contributed by atoms with Crippen molar-refractivity contribution in [3.8, 4) is 17.2 Å². The van der Waals surface area contributed by atoms with Gasteiger partial charge >= 0.3 is 0 Å². The molecule has 0 unspecified atom stereocenters. The Morgan fingerprint density at radius 3 is 2.46 bits per heavy atom. The van der Waals surface area contributed by atoms with Crippen LogP contribution in [0.25, 0.3) is 0 Å². The standard InChI is InChI=1S/C20H24N2O5S/c1-4-26-11-12-27-16-8-6-5-7-15(16)19(23)22-20(28)21-14-9-10-17(24-2)18(13-14)25-3/h5-10,13H,4,11-12H2,1-3H3,(H2,21,22,23,28). The summed E-state index contributed by atoms with van der Waals surface area (Å²) < 4.78 is 21.3. The molecule has 2 aromatic rings. The molecule has 2 aromatic carbocycles. The zero-order valence-electron chi connectivity index (χ0n) is 16.1. The lowest BCUT2D eigenvalue weighted by Gasteiger charge is -2.14. The molecular weight excluding hydrogens is 380 g/mol. The van der Waals surface area contributed by atoms with Gasteiger partial charge in [0.25, 0.3) is 5.91 Å². The molecule has 0 aliphatic rings. The van der Waals surface area contributed by atoms with Crippen LogP contribution in [0.4, 0.5) is 5.69 Å². The molecule has 0 saturated heterocycles. The van der Waals surface area contributed by atoms with Gasteiger partial charge in [0.15, 0.2) is 16.6 Å². The first-order valence-electron chi connectivity index (χ1n) is 8.73. The van der Waals surface area contributed by atoms with Crippen LogP contribution < -0.4 is 24.8 Å². The van der Waals surface area contributed by atoms with E-state index in [0.717, 1.165) is 0 Å². The molecule has 7 nitrogen and oxygen atoms in total. The fraction of sp³-hybridized carbons (Fsp3) is 0.300. The smallest absolute Gasteiger partial charge is 0.261 e. The van der Waals surface area contributed by atoms with Crippen molar-refractivity contribution < 1.29 is 23.7 Å². The van der Waals surface area contributed by atoms with Crippen molar-refractivity contribution in [2.75, 3.05) is 39.4 Å². The summed E-state index contributed by atoms with van der Waals surface area (Å²) in [6.07, 6.45) is 0. The van der Waals surface area contributed by atoms with E-state index in [1.165, 1.54) is 0 Å². The number of para-hydroxylation sites is 1. The predicted molar refractivity (Wildman–Crippen MR) is 112 cm³/mol. The molecule has 150 valence electrons. The maximum Gasteiger partial charge on any atom is 0.261 e. The van der Waals surface area contributed by atoms with Crippen molar-refractivity contribution in [3.63, 3.8) is 0 Å². The van der Waals surface area contributed by atoms with E-state index in [2.05, 4.69) is 10.6 Å². The number of anilines is 1. The van der Waals surface area contributed by atoms with Gasteiger partial charge in [-0.25, -0.2) is 0 Å². The van der Waals surface area contributed by atoms with Gasteiger partial charge in [-0.15, -0.1) is 0 Å². The van der Waals surface area contributed by atoms with E-state index in [9.17, 15) is 4.79 Å². The number of hydrogen-bond acceptors (Lipinski definition) is 6. The van der Waals surface area contributed by atoms with Crippen LogP contribution in [0.15, 0.2) is 42.5 Å². The van der Waals surface area contributed by atoms with Crippen LogP contribution in [0.1, 0.15) is 17.3 Å². The predicted octanol–water partition coefficient (Wildman–Crippen LogP) is 3.25. The minimum Gasteiger partial charge on any atom is -0.493 e. The third-order valence-electron chi connectivity index (χ3n) is 3.69. The number of benzene rings is 2. The van der Waals surface area contributed by atoms with Gasteiger partial charge in [-0.1, -0.05) is 12.1 Å². The highest BCUT2D eigenvalue weighted by Crippen LogP contribution is 2.29. The van der Waals surface area contributed by atoms with Gasteiger partial charge in [0.05, 0.1) is 26.4 Å². The molecule has 28 heavy (non-hydrogen) atoms. The lowest BCUT2D eigenvalue weighted by molar-refractivity contribution is 0.0958.